The van der Waals surface area contributed by atoms with Crippen molar-refractivity contribution in [2.24, 2.45) is 11.8 Å². The zero-order chi connectivity index (χ0) is 24.0. The molecule has 2 heterocycles. The van der Waals surface area contributed by atoms with Crippen LogP contribution >= 0.6 is 0 Å². The van der Waals surface area contributed by atoms with Gasteiger partial charge in [-0.1, -0.05) is 19.3 Å². The summed E-state index contributed by atoms with van der Waals surface area (Å²) in [5, 5.41) is 2.92. The number of likely N-dealkylation sites (tertiary alicyclic amines) is 1. The van der Waals surface area contributed by atoms with Crippen molar-refractivity contribution in [2.75, 3.05) is 26.2 Å². The molecule has 1 N–H and O–H groups in total. The van der Waals surface area contributed by atoms with Crippen LogP contribution in [0.5, 0.6) is 0 Å². The highest BCUT2D eigenvalue weighted by Gasteiger charge is 2.30. The van der Waals surface area contributed by atoms with Gasteiger partial charge in [0.05, 0.1) is 12.5 Å². The number of hydrogen-bond donors (Lipinski definition) is 1. The predicted octanol–water partition coefficient (Wildman–Crippen LogP) is 3.15. The number of nitrogens with one attached hydrogen (secondary N) is 1. The van der Waals surface area contributed by atoms with E-state index >= 15 is 0 Å². The summed E-state index contributed by atoms with van der Waals surface area (Å²) in [6.45, 7) is 7.29. The van der Waals surface area contributed by atoms with Crippen LogP contribution < -0.4 is 10.7 Å². The van der Waals surface area contributed by atoms with Gasteiger partial charge in [-0.2, -0.15) is 0 Å². The third kappa shape index (κ3) is 6.24. The lowest BCUT2D eigenvalue weighted by molar-refractivity contribution is -0.149. The van der Waals surface area contributed by atoms with Gasteiger partial charge in [-0.25, -0.2) is 0 Å². The summed E-state index contributed by atoms with van der Waals surface area (Å²) in [6, 6.07) is -0.0170. The average Bonchev–Trinajstić information content (AvgIpc) is 2.83. The van der Waals surface area contributed by atoms with Crippen LogP contribution in [0.2, 0.25) is 0 Å². The smallest absolute Gasteiger partial charge is 0.309 e. The third-order valence-corrected chi connectivity index (χ3v) is 6.80. The van der Waals surface area contributed by atoms with Crippen LogP contribution in [0.1, 0.15) is 92.5 Å². The Morgan fingerprint density at radius 1 is 1.03 bits per heavy atom. The highest BCUT2D eigenvalue weighted by Crippen LogP contribution is 2.23. The largest absolute Gasteiger partial charge is 0.466 e. The molecule has 1 aliphatic heterocycles. The fourth-order valence-corrected chi connectivity index (χ4v) is 4.68. The molecule has 2 fully saturated rings. The maximum Gasteiger partial charge on any atom is 0.309 e. The van der Waals surface area contributed by atoms with Crippen LogP contribution in [0.3, 0.4) is 0 Å². The molecular formula is C25H37N3O5. The van der Waals surface area contributed by atoms with Crippen LogP contribution in [0.25, 0.3) is 0 Å². The second kappa shape index (κ2) is 11.5. The first-order chi connectivity index (χ1) is 15.8. The van der Waals surface area contributed by atoms with Crippen LogP contribution in [0, 0.1) is 11.8 Å². The molecule has 2 amide bonds. The van der Waals surface area contributed by atoms with Crippen molar-refractivity contribution < 1.29 is 19.1 Å². The molecule has 0 unspecified atom stereocenters. The van der Waals surface area contributed by atoms with E-state index < -0.39 is 17.2 Å². The minimum atomic E-state index is -0.537. The molecule has 1 saturated heterocycles. The molecule has 0 spiro atoms. The number of piperidine rings is 1. The van der Waals surface area contributed by atoms with Crippen molar-refractivity contribution in [3.63, 3.8) is 0 Å². The van der Waals surface area contributed by atoms with E-state index in [1.54, 1.807) is 28.8 Å². The monoisotopic (exact) mass is 459 g/mol. The molecule has 1 aromatic heterocycles. The zero-order valence-electron chi connectivity index (χ0n) is 20.1. The number of rotatable bonds is 7. The number of ether oxygens (including phenoxy) is 1. The highest BCUT2D eigenvalue weighted by atomic mass is 16.5. The minimum absolute atomic E-state index is 0.00333. The lowest BCUT2D eigenvalue weighted by Crippen LogP contribution is -2.43. The van der Waals surface area contributed by atoms with Gasteiger partial charge in [0.25, 0.3) is 11.8 Å². The molecule has 8 nitrogen and oxygen atoms in total. The van der Waals surface area contributed by atoms with Crippen molar-refractivity contribution in [3.8, 4) is 0 Å². The molecule has 182 valence electrons. The van der Waals surface area contributed by atoms with Crippen molar-refractivity contribution in [1.29, 1.82) is 0 Å². The molecule has 8 heteroatoms. The molecule has 0 atom stereocenters. The Labute approximate surface area is 195 Å². The number of aromatic nitrogens is 1. The average molecular weight is 460 g/mol. The van der Waals surface area contributed by atoms with Crippen molar-refractivity contribution in [2.45, 2.75) is 71.8 Å². The number of pyridine rings is 1. The minimum Gasteiger partial charge on any atom is -0.466 e. The van der Waals surface area contributed by atoms with E-state index in [2.05, 4.69) is 5.32 Å². The van der Waals surface area contributed by atoms with E-state index in [0.717, 1.165) is 12.8 Å². The number of carbonyl (C=O) groups excluding carboxylic acids is 3. The Balaban J connectivity index is 1.75. The molecule has 1 aliphatic carbocycles. The van der Waals surface area contributed by atoms with Crippen molar-refractivity contribution in [1.82, 2.24) is 14.8 Å². The molecule has 33 heavy (non-hydrogen) atoms. The first-order valence-electron chi connectivity index (χ1n) is 12.3. The lowest BCUT2D eigenvalue weighted by atomic mass is 9.89. The Morgan fingerprint density at radius 2 is 1.67 bits per heavy atom. The van der Waals surface area contributed by atoms with Gasteiger partial charge in [-0.15, -0.1) is 0 Å². The first kappa shape index (κ1) is 25.0. The summed E-state index contributed by atoms with van der Waals surface area (Å²) in [7, 11) is 0. The van der Waals surface area contributed by atoms with Gasteiger partial charge in [0.15, 0.2) is 0 Å². The van der Waals surface area contributed by atoms with Crippen molar-refractivity contribution in [3.05, 3.63) is 33.7 Å². The Morgan fingerprint density at radius 3 is 2.27 bits per heavy atom. The summed E-state index contributed by atoms with van der Waals surface area (Å²) >= 11 is 0. The van der Waals surface area contributed by atoms with Crippen LogP contribution in [-0.4, -0.2) is 53.5 Å². The third-order valence-electron chi connectivity index (χ3n) is 6.80. The fourth-order valence-electron chi connectivity index (χ4n) is 4.68. The van der Waals surface area contributed by atoms with Gasteiger partial charge in [0.1, 0.15) is 11.1 Å². The molecule has 0 bridgehead atoms. The fraction of sp³-hybridized carbons (Fsp3) is 0.680. The lowest BCUT2D eigenvalue weighted by Gasteiger charge is -2.31. The number of amides is 2. The van der Waals surface area contributed by atoms with Crippen LogP contribution in [0.15, 0.2) is 17.2 Å². The van der Waals surface area contributed by atoms with E-state index in [-0.39, 0.29) is 29.1 Å². The second-order valence-corrected chi connectivity index (χ2v) is 9.49. The quantitative estimate of drug-likeness (QED) is 0.632. The summed E-state index contributed by atoms with van der Waals surface area (Å²) in [6.07, 6.45) is 9.89. The van der Waals surface area contributed by atoms with Gasteiger partial charge in [0, 0.05) is 38.1 Å². The highest BCUT2D eigenvalue weighted by molar-refractivity contribution is 5.99. The van der Waals surface area contributed by atoms with Gasteiger partial charge in [-0.05, 0) is 52.4 Å². The van der Waals surface area contributed by atoms with E-state index in [1.807, 2.05) is 13.8 Å². The molecule has 1 aromatic rings. The summed E-state index contributed by atoms with van der Waals surface area (Å²) in [5.41, 5.74) is -0.527. The number of carbonyl (C=O) groups is 3. The van der Waals surface area contributed by atoms with Gasteiger partial charge < -0.3 is 19.5 Å². The maximum absolute atomic E-state index is 13.2. The van der Waals surface area contributed by atoms with Crippen LogP contribution in [0.4, 0.5) is 0 Å². The number of esters is 1. The number of hydrogen-bond acceptors (Lipinski definition) is 5. The Bertz CT molecular complexity index is 909. The van der Waals surface area contributed by atoms with Crippen LogP contribution in [-0.2, 0) is 9.53 Å². The second-order valence-electron chi connectivity index (χ2n) is 9.49. The first-order valence-corrected chi connectivity index (χ1v) is 12.3. The molecule has 2 aliphatic rings. The molecular weight excluding hydrogens is 422 g/mol. The maximum atomic E-state index is 13.2. The van der Waals surface area contributed by atoms with Gasteiger partial charge >= 0.3 is 5.97 Å². The zero-order valence-corrected chi connectivity index (χ0v) is 20.1. The normalized spacial score (nSPS) is 17.8. The topological polar surface area (TPSA) is 97.7 Å². The Hall–Kier alpha value is -2.64. The standard InChI is InChI=1S/C25H37N3O5/c1-4-33-25(32)19-10-12-27(13-11-19)24(31)21-16-28(17(2)3)15-20(22(21)29)23(30)26-14-18-8-6-5-7-9-18/h15-19H,4-14H2,1-3H3,(H,26,30). The Kier molecular flexibility index (Phi) is 8.69. The van der Waals surface area contributed by atoms with E-state index in [0.29, 0.717) is 45.0 Å². The molecule has 0 radical (unpaired) electrons. The molecule has 1 saturated carbocycles. The number of nitrogens with zero attached hydrogens (tertiary/aromatic N) is 2. The van der Waals surface area contributed by atoms with Gasteiger partial charge in [0.2, 0.25) is 5.43 Å². The van der Waals surface area contributed by atoms with Gasteiger partial charge in [-0.3, -0.25) is 19.2 Å². The summed E-state index contributed by atoms with van der Waals surface area (Å²) in [5.74, 6) is -0.823. The summed E-state index contributed by atoms with van der Waals surface area (Å²) in [4.78, 5) is 52.9. The van der Waals surface area contributed by atoms with E-state index in [1.165, 1.54) is 19.3 Å². The van der Waals surface area contributed by atoms with Crippen molar-refractivity contribution >= 4 is 17.8 Å². The molecule has 0 aromatic carbocycles. The van der Waals surface area contributed by atoms with E-state index in [4.69, 9.17) is 4.74 Å². The summed E-state index contributed by atoms with van der Waals surface area (Å²) < 4.78 is 6.84. The SMILES string of the molecule is CCOC(=O)C1CCN(C(=O)c2cn(C(C)C)cc(C(=O)NCC3CCCCC3)c2=O)CC1. The molecule has 3 rings (SSSR count). The van der Waals surface area contributed by atoms with E-state index in [9.17, 15) is 19.2 Å². The predicted molar refractivity (Wildman–Crippen MR) is 125 cm³/mol.